The highest BCUT2D eigenvalue weighted by Crippen LogP contribution is 2.39. The summed E-state index contributed by atoms with van der Waals surface area (Å²) in [5.41, 5.74) is 0.106. The highest BCUT2D eigenvalue weighted by molar-refractivity contribution is 6.08. The van der Waals surface area contributed by atoms with Crippen LogP contribution in [-0.4, -0.2) is 57.9 Å². The zero-order valence-electron chi connectivity index (χ0n) is 15.2. The lowest BCUT2D eigenvalue weighted by Crippen LogP contribution is -2.49. The van der Waals surface area contributed by atoms with Crippen LogP contribution in [0.5, 0.6) is 0 Å². The molecule has 4 amide bonds. The summed E-state index contributed by atoms with van der Waals surface area (Å²) in [6, 6.07) is 5.71. The van der Waals surface area contributed by atoms with E-state index in [4.69, 9.17) is 5.11 Å². The molecule has 1 saturated heterocycles. The van der Waals surface area contributed by atoms with Gasteiger partial charge in [-0.25, -0.2) is 9.59 Å². The first-order valence-corrected chi connectivity index (χ1v) is 9.04. The van der Waals surface area contributed by atoms with Crippen molar-refractivity contribution < 1.29 is 24.3 Å². The Morgan fingerprint density at radius 1 is 1.11 bits per heavy atom. The lowest BCUT2D eigenvalue weighted by Gasteiger charge is -2.35. The van der Waals surface area contributed by atoms with Gasteiger partial charge in [0, 0.05) is 13.6 Å². The third-order valence-electron chi connectivity index (χ3n) is 5.48. The molecule has 0 aromatic heterocycles. The third-order valence-corrected chi connectivity index (χ3v) is 5.48. The van der Waals surface area contributed by atoms with E-state index in [0.29, 0.717) is 12.8 Å². The minimum atomic E-state index is -1.02. The minimum Gasteiger partial charge on any atom is -0.478 e. The van der Waals surface area contributed by atoms with Crippen LogP contribution in [-0.2, 0) is 16.1 Å². The molecule has 0 unspecified atom stereocenters. The molecule has 8 nitrogen and oxygen atoms in total. The number of imide groups is 1. The summed E-state index contributed by atoms with van der Waals surface area (Å²) < 4.78 is 0. The number of amides is 4. The summed E-state index contributed by atoms with van der Waals surface area (Å²) in [4.78, 5) is 51.0. The molecule has 8 heteroatoms. The molecule has 1 aliphatic carbocycles. The maximum atomic E-state index is 12.8. The lowest BCUT2D eigenvalue weighted by molar-refractivity contribution is -0.137. The van der Waals surface area contributed by atoms with E-state index >= 15 is 0 Å². The van der Waals surface area contributed by atoms with Crippen molar-refractivity contribution in [1.82, 2.24) is 15.1 Å². The van der Waals surface area contributed by atoms with Gasteiger partial charge in [-0.15, -0.1) is 0 Å². The van der Waals surface area contributed by atoms with Gasteiger partial charge in [-0.1, -0.05) is 31.4 Å². The number of likely N-dealkylation sites (N-methyl/N-ethyl adjacent to an activating group) is 1. The van der Waals surface area contributed by atoms with E-state index in [0.717, 1.165) is 29.7 Å². The highest BCUT2D eigenvalue weighted by Gasteiger charge is 2.55. The summed E-state index contributed by atoms with van der Waals surface area (Å²) in [5.74, 6) is -1.73. The fraction of sp³-hybridized carbons (Fsp3) is 0.474. The third kappa shape index (κ3) is 3.51. The molecule has 1 saturated carbocycles. The molecule has 1 spiro atoms. The molecule has 1 aromatic carbocycles. The number of aromatic carboxylic acids is 1. The number of carboxylic acid groups (broad SMARTS) is 1. The lowest BCUT2D eigenvalue weighted by atomic mass is 9.81. The van der Waals surface area contributed by atoms with Gasteiger partial charge in [0.1, 0.15) is 12.1 Å². The maximum Gasteiger partial charge on any atom is 0.335 e. The first kappa shape index (κ1) is 18.9. The van der Waals surface area contributed by atoms with Crippen molar-refractivity contribution in [3.05, 3.63) is 35.4 Å². The fourth-order valence-electron chi connectivity index (χ4n) is 3.84. The van der Waals surface area contributed by atoms with E-state index in [1.165, 1.54) is 17.0 Å². The van der Waals surface area contributed by atoms with Gasteiger partial charge in [-0.05, 0) is 30.5 Å². The van der Waals surface area contributed by atoms with Crippen LogP contribution < -0.4 is 5.32 Å². The zero-order chi connectivity index (χ0) is 19.6. The minimum absolute atomic E-state index is 0.166. The summed E-state index contributed by atoms with van der Waals surface area (Å²) in [7, 11) is 1.63. The van der Waals surface area contributed by atoms with Crippen LogP contribution in [0.2, 0.25) is 0 Å². The van der Waals surface area contributed by atoms with E-state index in [2.05, 4.69) is 5.32 Å². The van der Waals surface area contributed by atoms with Crippen molar-refractivity contribution in [2.75, 3.05) is 13.6 Å². The largest absolute Gasteiger partial charge is 0.478 e. The van der Waals surface area contributed by atoms with Crippen molar-refractivity contribution in [1.29, 1.82) is 0 Å². The van der Waals surface area contributed by atoms with Crippen molar-refractivity contribution in [3.63, 3.8) is 0 Å². The molecular weight excluding hydrogens is 350 g/mol. The van der Waals surface area contributed by atoms with Crippen molar-refractivity contribution >= 4 is 23.8 Å². The standard InChI is InChI=1S/C19H23N3O5/c1-21-18(27)22(17(26)19(21)9-3-2-4-10-19)12-15(23)20-11-13-5-7-14(8-6-13)16(24)25/h5-8H,2-4,9-12H2,1H3,(H,20,23)(H,24,25). The molecule has 2 aliphatic rings. The van der Waals surface area contributed by atoms with Gasteiger partial charge in [0.25, 0.3) is 5.91 Å². The average molecular weight is 373 g/mol. The Kier molecular flexibility index (Phi) is 5.16. The Bertz CT molecular complexity index is 768. The highest BCUT2D eigenvalue weighted by atomic mass is 16.4. The van der Waals surface area contributed by atoms with Gasteiger partial charge in [0.15, 0.2) is 0 Å². The van der Waals surface area contributed by atoms with Crippen LogP contribution in [0.4, 0.5) is 4.79 Å². The Labute approximate surface area is 157 Å². The first-order valence-electron chi connectivity index (χ1n) is 9.04. The first-order chi connectivity index (χ1) is 12.8. The summed E-state index contributed by atoms with van der Waals surface area (Å²) in [6.07, 6.45) is 4.13. The second kappa shape index (κ2) is 7.38. The molecule has 0 atom stereocenters. The molecular formula is C19H23N3O5. The van der Waals surface area contributed by atoms with Gasteiger partial charge in [0.05, 0.1) is 5.56 Å². The number of urea groups is 1. The SMILES string of the molecule is CN1C(=O)N(CC(=O)NCc2ccc(C(=O)O)cc2)C(=O)C12CCCCC2. The van der Waals surface area contributed by atoms with Crippen LogP contribution in [0, 0.1) is 0 Å². The van der Waals surface area contributed by atoms with E-state index < -0.39 is 23.4 Å². The van der Waals surface area contributed by atoms with E-state index in [-0.39, 0.29) is 24.6 Å². The number of benzene rings is 1. The normalized spacial score (nSPS) is 18.9. The number of hydrogen-bond donors (Lipinski definition) is 2. The molecule has 27 heavy (non-hydrogen) atoms. The molecule has 1 aromatic rings. The fourth-order valence-corrected chi connectivity index (χ4v) is 3.84. The predicted octanol–water partition coefficient (Wildman–Crippen LogP) is 1.60. The Hall–Kier alpha value is -2.90. The molecule has 1 aliphatic heterocycles. The van der Waals surface area contributed by atoms with Crippen LogP contribution in [0.25, 0.3) is 0 Å². The molecule has 3 rings (SSSR count). The van der Waals surface area contributed by atoms with E-state index in [9.17, 15) is 19.2 Å². The van der Waals surface area contributed by atoms with Crippen LogP contribution >= 0.6 is 0 Å². The quantitative estimate of drug-likeness (QED) is 0.763. The summed E-state index contributed by atoms with van der Waals surface area (Å²) in [5, 5.41) is 11.6. The summed E-state index contributed by atoms with van der Waals surface area (Å²) >= 11 is 0. The van der Waals surface area contributed by atoms with Crippen molar-refractivity contribution in [2.45, 2.75) is 44.2 Å². The van der Waals surface area contributed by atoms with Gasteiger partial charge in [0.2, 0.25) is 5.91 Å². The number of carbonyl (C=O) groups is 4. The number of nitrogens with zero attached hydrogens (tertiary/aromatic N) is 2. The molecule has 0 bridgehead atoms. The van der Waals surface area contributed by atoms with Gasteiger partial charge >= 0.3 is 12.0 Å². The van der Waals surface area contributed by atoms with Crippen LogP contribution in [0.1, 0.15) is 48.0 Å². The van der Waals surface area contributed by atoms with Gasteiger partial charge < -0.3 is 15.3 Å². The smallest absolute Gasteiger partial charge is 0.335 e. The monoisotopic (exact) mass is 373 g/mol. The Balaban J connectivity index is 1.59. The summed E-state index contributed by atoms with van der Waals surface area (Å²) in [6.45, 7) is -0.118. The molecule has 2 fully saturated rings. The predicted molar refractivity (Wildman–Crippen MR) is 95.9 cm³/mol. The number of nitrogens with one attached hydrogen (secondary N) is 1. The number of hydrogen-bond acceptors (Lipinski definition) is 4. The van der Waals surface area contributed by atoms with Crippen LogP contribution in [0.15, 0.2) is 24.3 Å². The Morgan fingerprint density at radius 3 is 2.33 bits per heavy atom. The number of carboxylic acids is 1. The molecule has 144 valence electrons. The zero-order valence-corrected chi connectivity index (χ0v) is 15.2. The van der Waals surface area contributed by atoms with E-state index in [1.54, 1.807) is 19.2 Å². The maximum absolute atomic E-state index is 12.8. The average Bonchev–Trinajstić information content (AvgIpc) is 2.83. The second-order valence-corrected chi connectivity index (χ2v) is 7.10. The van der Waals surface area contributed by atoms with Gasteiger partial charge in [-0.2, -0.15) is 0 Å². The number of rotatable bonds is 5. The van der Waals surface area contributed by atoms with Crippen LogP contribution in [0.3, 0.4) is 0 Å². The molecule has 1 heterocycles. The number of carbonyl (C=O) groups excluding carboxylic acids is 3. The van der Waals surface area contributed by atoms with Crippen molar-refractivity contribution in [3.8, 4) is 0 Å². The second-order valence-electron chi connectivity index (χ2n) is 7.10. The topological polar surface area (TPSA) is 107 Å². The van der Waals surface area contributed by atoms with Gasteiger partial charge in [-0.3, -0.25) is 14.5 Å². The molecule has 0 radical (unpaired) electrons. The van der Waals surface area contributed by atoms with E-state index in [1.807, 2.05) is 0 Å². The van der Waals surface area contributed by atoms with Crippen molar-refractivity contribution in [2.24, 2.45) is 0 Å². The Morgan fingerprint density at radius 2 is 1.74 bits per heavy atom. The molecule has 2 N–H and O–H groups in total.